The van der Waals surface area contributed by atoms with E-state index in [0.29, 0.717) is 25.3 Å². The average molecular weight is 397 g/mol. The molecule has 2 aromatic rings. The SMILES string of the molecule is CCN(CC)S(=O)(=O)c1ccc(NC(=O)C[NH+](C)Cc2ccsc2)cc1. The summed E-state index contributed by atoms with van der Waals surface area (Å²) in [4.78, 5) is 13.5. The van der Waals surface area contributed by atoms with Gasteiger partial charge in [0.15, 0.2) is 6.54 Å². The van der Waals surface area contributed by atoms with Gasteiger partial charge in [0.1, 0.15) is 6.54 Å². The molecule has 2 rings (SSSR count). The van der Waals surface area contributed by atoms with Gasteiger partial charge in [-0.1, -0.05) is 13.8 Å². The van der Waals surface area contributed by atoms with Crippen molar-refractivity contribution >= 4 is 33.0 Å². The van der Waals surface area contributed by atoms with Crippen molar-refractivity contribution in [1.82, 2.24) is 4.31 Å². The summed E-state index contributed by atoms with van der Waals surface area (Å²) in [5, 5.41) is 6.93. The average Bonchev–Trinajstić information content (AvgIpc) is 3.08. The monoisotopic (exact) mass is 396 g/mol. The number of amides is 1. The predicted octanol–water partition coefficient (Wildman–Crippen LogP) is 1.43. The van der Waals surface area contributed by atoms with Crippen LogP contribution in [0.2, 0.25) is 0 Å². The molecule has 26 heavy (non-hydrogen) atoms. The quantitative estimate of drug-likeness (QED) is 0.674. The highest BCUT2D eigenvalue weighted by atomic mass is 32.2. The van der Waals surface area contributed by atoms with Gasteiger partial charge in [0.05, 0.1) is 11.9 Å². The van der Waals surface area contributed by atoms with E-state index >= 15 is 0 Å². The van der Waals surface area contributed by atoms with Crippen molar-refractivity contribution in [2.24, 2.45) is 0 Å². The molecular weight excluding hydrogens is 370 g/mol. The second kappa shape index (κ2) is 9.27. The van der Waals surface area contributed by atoms with Crippen molar-refractivity contribution in [1.29, 1.82) is 0 Å². The Morgan fingerprint density at radius 3 is 2.35 bits per heavy atom. The van der Waals surface area contributed by atoms with E-state index in [-0.39, 0.29) is 10.8 Å². The first-order valence-electron chi connectivity index (χ1n) is 8.59. The zero-order valence-electron chi connectivity index (χ0n) is 15.4. The van der Waals surface area contributed by atoms with E-state index in [9.17, 15) is 13.2 Å². The Bertz CT molecular complexity index is 799. The molecule has 6 nitrogen and oxygen atoms in total. The molecule has 0 saturated heterocycles. The first kappa shape index (κ1) is 20.6. The lowest BCUT2D eigenvalue weighted by Gasteiger charge is -2.18. The van der Waals surface area contributed by atoms with Crippen molar-refractivity contribution in [2.45, 2.75) is 25.3 Å². The van der Waals surface area contributed by atoms with E-state index in [4.69, 9.17) is 0 Å². The Balaban J connectivity index is 1.95. The van der Waals surface area contributed by atoms with Gasteiger partial charge in [0.2, 0.25) is 10.0 Å². The Kier molecular flexibility index (Phi) is 7.33. The zero-order valence-corrected chi connectivity index (χ0v) is 17.0. The number of carbonyl (C=O) groups excluding carboxylic acids is 1. The number of nitrogens with zero attached hydrogens (tertiary/aromatic N) is 1. The summed E-state index contributed by atoms with van der Waals surface area (Å²) < 4.78 is 26.3. The molecule has 1 aromatic carbocycles. The topological polar surface area (TPSA) is 70.9 Å². The maximum atomic E-state index is 12.5. The van der Waals surface area contributed by atoms with Gasteiger partial charge in [-0.3, -0.25) is 4.79 Å². The van der Waals surface area contributed by atoms with E-state index in [1.807, 2.05) is 26.3 Å². The fourth-order valence-corrected chi connectivity index (χ4v) is 4.83. The first-order valence-corrected chi connectivity index (χ1v) is 11.0. The maximum Gasteiger partial charge on any atom is 0.279 e. The van der Waals surface area contributed by atoms with Gasteiger partial charge in [-0.15, -0.1) is 0 Å². The van der Waals surface area contributed by atoms with Gasteiger partial charge in [0, 0.05) is 24.3 Å². The Morgan fingerprint density at radius 1 is 1.15 bits per heavy atom. The fraction of sp³-hybridized carbons (Fsp3) is 0.389. The van der Waals surface area contributed by atoms with E-state index in [2.05, 4.69) is 16.8 Å². The second-order valence-corrected chi connectivity index (χ2v) is 8.82. The molecule has 0 fully saturated rings. The predicted molar refractivity (Wildman–Crippen MR) is 105 cm³/mol. The third kappa shape index (κ3) is 5.38. The molecule has 1 aromatic heterocycles. The van der Waals surface area contributed by atoms with Crippen LogP contribution in [0.4, 0.5) is 5.69 Å². The van der Waals surface area contributed by atoms with E-state index in [1.165, 1.54) is 22.0 Å². The van der Waals surface area contributed by atoms with Crippen molar-refractivity contribution in [2.75, 3.05) is 32.0 Å². The maximum absolute atomic E-state index is 12.5. The van der Waals surface area contributed by atoms with Gasteiger partial charge < -0.3 is 10.2 Å². The number of quaternary nitrogens is 1. The van der Waals surface area contributed by atoms with Crippen molar-refractivity contribution in [3.8, 4) is 0 Å². The first-order chi connectivity index (χ1) is 12.4. The van der Waals surface area contributed by atoms with Crippen LogP contribution in [0.3, 0.4) is 0 Å². The van der Waals surface area contributed by atoms with Crippen LogP contribution in [-0.2, 0) is 21.4 Å². The molecule has 142 valence electrons. The van der Waals surface area contributed by atoms with Crippen molar-refractivity contribution in [3.05, 3.63) is 46.7 Å². The molecule has 0 radical (unpaired) electrons. The third-order valence-electron chi connectivity index (χ3n) is 4.03. The number of rotatable bonds is 9. The molecule has 1 unspecified atom stereocenters. The summed E-state index contributed by atoms with van der Waals surface area (Å²) in [7, 11) is -1.51. The molecular formula is C18H26N3O3S2+. The van der Waals surface area contributed by atoms with Crippen LogP contribution in [0.1, 0.15) is 19.4 Å². The number of nitrogens with one attached hydrogen (secondary N) is 2. The number of carbonyl (C=O) groups is 1. The minimum atomic E-state index is -3.48. The lowest BCUT2D eigenvalue weighted by molar-refractivity contribution is -0.885. The summed E-state index contributed by atoms with van der Waals surface area (Å²) in [5.41, 5.74) is 1.81. The Hall–Kier alpha value is -1.74. The number of hydrogen-bond acceptors (Lipinski definition) is 4. The molecule has 1 amide bonds. The molecule has 2 N–H and O–H groups in total. The Labute approximate surface area is 159 Å². The molecule has 1 atom stereocenters. The van der Waals surface area contributed by atoms with Crippen LogP contribution >= 0.6 is 11.3 Å². The fourth-order valence-electron chi connectivity index (χ4n) is 2.71. The molecule has 1 heterocycles. The molecule has 0 bridgehead atoms. The summed E-state index contributed by atoms with van der Waals surface area (Å²) in [6, 6.07) is 8.38. The van der Waals surface area contributed by atoms with Crippen LogP contribution in [0.25, 0.3) is 0 Å². The molecule has 8 heteroatoms. The number of sulfonamides is 1. The summed E-state index contributed by atoms with van der Waals surface area (Å²) in [5.74, 6) is -0.0999. The van der Waals surface area contributed by atoms with Crippen molar-refractivity contribution in [3.63, 3.8) is 0 Å². The van der Waals surface area contributed by atoms with Crippen LogP contribution in [0.5, 0.6) is 0 Å². The Morgan fingerprint density at radius 2 is 1.81 bits per heavy atom. The van der Waals surface area contributed by atoms with Gasteiger partial charge in [-0.25, -0.2) is 8.42 Å². The normalized spacial score (nSPS) is 12.9. The van der Waals surface area contributed by atoms with Crippen molar-refractivity contribution < 1.29 is 18.1 Å². The van der Waals surface area contributed by atoms with E-state index in [0.717, 1.165) is 11.4 Å². The molecule has 0 aliphatic rings. The number of likely N-dealkylation sites (N-methyl/N-ethyl adjacent to an activating group) is 1. The molecule has 0 aliphatic carbocycles. The van der Waals surface area contributed by atoms with Gasteiger partial charge in [-0.2, -0.15) is 15.6 Å². The standard InChI is InChI=1S/C18H25N3O3S2/c1-4-21(5-2)26(23,24)17-8-6-16(7-9-17)19-18(22)13-20(3)12-15-10-11-25-14-15/h6-11,14H,4-5,12-13H2,1-3H3,(H,19,22)/p+1. The number of anilines is 1. The number of thiophene rings is 1. The molecule has 0 aliphatic heterocycles. The summed E-state index contributed by atoms with van der Waals surface area (Å²) in [6.45, 7) is 5.61. The number of hydrogen-bond donors (Lipinski definition) is 2. The zero-order chi connectivity index (χ0) is 19.2. The third-order valence-corrected chi connectivity index (χ3v) is 6.83. The smallest absolute Gasteiger partial charge is 0.279 e. The summed E-state index contributed by atoms with van der Waals surface area (Å²) >= 11 is 1.65. The minimum Gasteiger partial charge on any atom is -0.326 e. The highest BCUT2D eigenvalue weighted by Crippen LogP contribution is 2.18. The largest absolute Gasteiger partial charge is 0.326 e. The van der Waals surface area contributed by atoms with E-state index < -0.39 is 10.0 Å². The molecule has 0 saturated carbocycles. The lowest BCUT2D eigenvalue weighted by atomic mass is 10.3. The molecule has 0 spiro atoms. The van der Waals surface area contributed by atoms with Gasteiger partial charge in [-0.05, 0) is 41.1 Å². The highest BCUT2D eigenvalue weighted by molar-refractivity contribution is 7.89. The van der Waals surface area contributed by atoms with E-state index in [1.54, 1.807) is 23.5 Å². The highest BCUT2D eigenvalue weighted by Gasteiger charge is 2.21. The van der Waals surface area contributed by atoms with Crippen LogP contribution < -0.4 is 10.2 Å². The van der Waals surface area contributed by atoms with Gasteiger partial charge in [0.25, 0.3) is 5.91 Å². The van der Waals surface area contributed by atoms with Crippen LogP contribution in [0.15, 0.2) is 46.0 Å². The number of benzene rings is 1. The van der Waals surface area contributed by atoms with Crippen LogP contribution in [-0.4, -0.2) is 45.3 Å². The second-order valence-electron chi connectivity index (χ2n) is 6.10. The van der Waals surface area contributed by atoms with Crippen LogP contribution in [0, 0.1) is 0 Å². The summed E-state index contributed by atoms with van der Waals surface area (Å²) in [6.07, 6.45) is 0. The lowest BCUT2D eigenvalue weighted by Crippen LogP contribution is -3.08. The van der Waals surface area contributed by atoms with Gasteiger partial charge >= 0.3 is 0 Å². The minimum absolute atomic E-state index is 0.0999.